The van der Waals surface area contributed by atoms with Crippen LogP contribution in [0.5, 0.6) is 0 Å². The molecule has 0 fully saturated rings. The van der Waals surface area contributed by atoms with Gasteiger partial charge in [0.2, 0.25) is 0 Å². The van der Waals surface area contributed by atoms with Crippen molar-refractivity contribution in [3.63, 3.8) is 0 Å². The third-order valence-electron chi connectivity index (χ3n) is 2.73. The van der Waals surface area contributed by atoms with Gasteiger partial charge >= 0.3 is 122 Å². The van der Waals surface area contributed by atoms with E-state index >= 15 is 0 Å². The second kappa shape index (κ2) is 6.77. The molecule has 0 spiro atoms. The van der Waals surface area contributed by atoms with Gasteiger partial charge in [0.15, 0.2) is 0 Å². The normalized spacial score (nSPS) is 12.1. The van der Waals surface area contributed by atoms with Crippen molar-refractivity contribution in [1.82, 2.24) is 0 Å². The van der Waals surface area contributed by atoms with Crippen LogP contribution >= 0.6 is 0 Å². The van der Waals surface area contributed by atoms with Crippen molar-refractivity contribution in [2.45, 2.75) is 0 Å². The van der Waals surface area contributed by atoms with Gasteiger partial charge in [-0.05, 0) is 0 Å². The summed E-state index contributed by atoms with van der Waals surface area (Å²) in [6.07, 6.45) is 0. The van der Waals surface area contributed by atoms with Gasteiger partial charge in [-0.3, -0.25) is 0 Å². The first-order valence-electron chi connectivity index (χ1n) is 6.05. The van der Waals surface area contributed by atoms with Crippen molar-refractivity contribution >= 4 is 28.1 Å². The van der Waals surface area contributed by atoms with E-state index in [0.29, 0.717) is 9.98 Å². The second-order valence-electron chi connectivity index (χ2n) is 3.95. The van der Waals surface area contributed by atoms with Crippen LogP contribution in [-0.2, 0) is 0 Å². The molecular weight excluding hydrogens is 313 g/mol. The van der Waals surface area contributed by atoms with E-state index in [-0.39, 0.29) is 5.78 Å². The number of nitrogens with zero attached hydrogens (tertiary/aromatic N) is 1. The number of hydrogen-bond acceptors (Lipinski definition) is 2. The molecule has 1 unspecified atom stereocenters. The Balaban J connectivity index is 2.55. The average Bonchev–Trinajstić information content (AvgIpc) is 2.53. The number of benzene rings is 2. The molecule has 2 rings (SSSR count). The predicted octanol–water partition coefficient (Wildman–Crippen LogP) is 2.27. The van der Waals surface area contributed by atoms with E-state index in [1.54, 1.807) is 29.2 Å². The Labute approximate surface area is 122 Å². The number of Topliss-reactive ketones (excluding diaryl/α,β-unsaturated/α-hetero) is 1. The van der Waals surface area contributed by atoms with Gasteiger partial charge in [0.05, 0.1) is 0 Å². The summed E-state index contributed by atoms with van der Waals surface area (Å²) in [6, 6.07) is 20.7. The second-order valence-corrected chi connectivity index (χ2v) is 7.92. The summed E-state index contributed by atoms with van der Waals surface area (Å²) in [4.78, 5) is 14.2. The number of carbonyl (C=O) groups excluding carboxylic acids is 1. The Bertz CT molecular complexity index is 697. The Hall–Kier alpha value is -2.27. The summed E-state index contributed by atoms with van der Waals surface area (Å²) in [7, 11) is 0. The molecule has 1 atom stereocenters. The molecule has 2 nitrogen and oxygen atoms in total. The molecule has 0 aliphatic carbocycles. The quantitative estimate of drug-likeness (QED) is 0.639. The number of nitriles is 1. The van der Waals surface area contributed by atoms with Crippen LogP contribution in [-0.4, -0.2) is 23.7 Å². The molecule has 0 aromatic heterocycles. The Morgan fingerprint density at radius 2 is 1.60 bits per heavy atom. The maximum atomic E-state index is 12.5. The molecule has 20 heavy (non-hydrogen) atoms. The molecule has 0 saturated carbocycles. The first-order valence-corrected chi connectivity index (χ1v) is 8.75. The van der Waals surface area contributed by atoms with Gasteiger partial charge in [0.25, 0.3) is 0 Å². The van der Waals surface area contributed by atoms with Crippen LogP contribution in [0.1, 0.15) is 10.4 Å². The molecule has 2 aromatic rings. The van der Waals surface area contributed by atoms with Gasteiger partial charge < -0.3 is 0 Å². The van der Waals surface area contributed by atoms with Crippen LogP contribution in [0.25, 0.3) is 0 Å². The van der Waals surface area contributed by atoms with Gasteiger partial charge in [-0.25, -0.2) is 0 Å². The van der Waals surface area contributed by atoms with E-state index in [0.717, 1.165) is 4.46 Å². The van der Waals surface area contributed by atoms with E-state index in [2.05, 4.69) is 12.6 Å². The molecule has 2 aromatic carbocycles. The van der Waals surface area contributed by atoms with Gasteiger partial charge in [0.1, 0.15) is 0 Å². The van der Waals surface area contributed by atoms with Crippen molar-refractivity contribution in [3.05, 3.63) is 77.8 Å². The first-order chi connectivity index (χ1) is 9.77. The topological polar surface area (TPSA) is 40.9 Å². The van der Waals surface area contributed by atoms with E-state index in [4.69, 9.17) is 0 Å². The molecule has 98 valence electrons. The fourth-order valence-electron chi connectivity index (χ4n) is 1.78. The fourth-order valence-corrected chi connectivity index (χ4v) is 4.85. The summed E-state index contributed by atoms with van der Waals surface area (Å²) in [6.45, 7) is 3.81. The van der Waals surface area contributed by atoms with Gasteiger partial charge in [-0.1, -0.05) is 0 Å². The molecule has 0 bridgehead atoms. The first kappa shape index (κ1) is 14.1. The molecule has 0 radical (unpaired) electrons. The third-order valence-corrected chi connectivity index (χ3v) is 6.57. The van der Waals surface area contributed by atoms with Crippen LogP contribution < -0.4 is 4.46 Å². The summed E-state index contributed by atoms with van der Waals surface area (Å²) in [5, 5.41) is 9.40. The van der Waals surface area contributed by atoms with Crippen molar-refractivity contribution in [2.75, 3.05) is 0 Å². The predicted molar refractivity (Wildman–Crippen MR) is 83.4 cm³/mol. The van der Waals surface area contributed by atoms with Gasteiger partial charge in [-0.2, -0.15) is 0 Å². The third kappa shape index (κ3) is 3.00. The Morgan fingerprint density at radius 3 is 2.10 bits per heavy atom. The van der Waals surface area contributed by atoms with Gasteiger partial charge in [-0.15, -0.1) is 0 Å². The van der Waals surface area contributed by atoms with Crippen molar-refractivity contribution < 1.29 is 4.79 Å². The summed E-state index contributed by atoms with van der Waals surface area (Å²) < 4.78 is 1.33. The van der Waals surface area contributed by atoms with Crippen LogP contribution in [0.2, 0.25) is 0 Å². The number of ketones is 1. The molecule has 3 heteroatoms. The van der Waals surface area contributed by atoms with Gasteiger partial charge in [0, 0.05) is 0 Å². The molecule has 0 heterocycles. The van der Waals surface area contributed by atoms with Crippen LogP contribution in [0, 0.1) is 11.3 Å². The molecule has 0 N–H and O–H groups in total. The van der Waals surface area contributed by atoms with E-state index in [1.807, 2.05) is 36.4 Å². The van der Waals surface area contributed by atoms with Crippen LogP contribution in [0.15, 0.2) is 72.2 Å². The maximum absolute atomic E-state index is 12.5. The number of hydrogen-bond donors (Lipinski definition) is 0. The number of carbonyl (C=O) groups is 1. The van der Waals surface area contributed by atoms with Crippen LogP contribution in [0.3, 0.4) is 0 Å². The van der Waals surface area contributed by atoms with E-state index in [1.165, 1.54) is 0 Å². The summed E-state index contributed by atoms with van der Waals surface area (Å²) in [5.41, 5.74) is 0.551. The molecule has 0 aliphatic heterocycles. The van der Waals surface area contributed by atoms with Crippen molar-refractivity contribution in [2.24, 2.45) is 0 Å². The van der Waals surface area contributed by atoms with E-state index < -0.39 is 13.5 Å². The van der Waals surface area contributed by atoms with E-state index in [9.17, 15) is 10.1 Å². The minimum atomic E-state index is -1.79. The molecule has 0 aliphatic rings. The minimum absolute atomic E-state index is 0.193. The monoisotopic (exact) mass is 327 g/mol. The summed E-state index contributed by atoms with van der Waals surface area (Å²) in [5.74, 6) is -0.193. The number of rotatable bonds is 4. The Morgan fingerprint density at radius 1 is 1.05 bits per heavy atom. The van der Waals surface area contributed by atoms with Crippen molar-refractivity contribution in [1.29, 1.82) is 5.26 Å². The SMILES string of the molecule is C=C[Se](=C(C#N)C(=O)c1ccccc1)c1ccccc1. The van der Waals surface area contributed by atoms with Crippen LogP contribution in [0.4, 0.5) is 0 Å². The zero-order valence-corrected chi connectivity index (χ0v) is 12.5. The zero-order chi connectivity index (χ0) is 14.4. The average molecular weight is 326 g/mol. The zero-order valence-electron chi connectivity index (χ0n) is 10.8. The standard InChI is InChI=1S/C17H13NOSe/c1-2-20(15-11-7-4-8-12-15)16(13-18)17(19)14-9-5-3-6-10-14/h2-12H,1H2. The molecule has 0 amide bonds. The van der Waals surface area contributed by atoms with Crippen molar-refractivity contribution in [3.8, 4) is 6.07 Å². The fraction of sp³-hybridized carbons (Fsp3) is 0. The summed E-state index contributed by atoms with van der Waals surface area (Å²) >= 11 is -1.79. The Kier molecular flexibility index (Phi) is 4.79. The molecular formula is C17H13NOSe. The molecule has 0 saturated heterocycles.